The summed E-state index contributed by atoms with van der Waals surface area (Å²) in [5, 5.41) is 17.6. The zero-order chi connectivity index (χ0) is 18.3. The molecule has 0 aliphatic carbocycles. The van der Waals surface area contributed by atoms with E-state index >= 15 is 0 Å². The number of aliphatic hydroxyl groups is 1. The maximum absolute atomic E-state index is 12.7. The van der Waals surface area contributed by atoms with Gasteiger partial charge in [-0.1, -0.05) is 23.4 Å². The molecule has 3 heterocycles. The number of para-hydroxylation sites is 1. The number of aliphatic hydroxyl groups excluding tert-OH is 1. The van der Waals surface area contributed by atoms with E-state index in [0.717, 1.165) is 16.5 Å². The first kappa shape index (κ1) is 16.6. The molecule has 4 rings (SSSR count). The zero-order valence-corrected chi connectivity index (χ0v) is 14.6. The van der Waals surface area contributed by atoms with E-state index in [1.54, 1.807) is 6.92 Å². The highest BCUT2D eigenvalue weighted by atomic mass is 16.5. The number of carbonyl (C=O) groups excluding carboxylic acids is 1. The Kier molecular flexibility index (Phi) is 4.12. The van der Waals surface area contributed by atoms with Gasteiger partial charge in [0, 0.05) is 23.9 Å². The normalized spacial score (nSPS) is 20.0. The molecule has 8 heteroatoms. The van der Waals surface area contributed by atoms with Gasteiger partial charge in [-0.25, -0.2) is 4.79 Å². The number of benzene rings is 1. The molecule has 1 aliphatic rings. The van der Waals surface area contributed by atoms with Crippen LogP contribution in [0.4, 0.5) is 4.79 Å². The number of amides is 2. The Hall–Kier alpha value is -2.87. The van der Waals surface area contributed by atoms with Gasteiger partial charge in [0.05, 0.1) is 12.6 Å². The summed E-state index contributed by atoms with van der Waals surface area (Å²) < 4.78 is 11.0. The number of urea groups is 1. The largest absolute Gasteiger partial charge is 0.459 e. The summed E-state index contributed by atoms with van der Waals surface area (Å²) in [5.41, 5.74) is 1.80. The van der Waals surface area contributed by atoms with E-state index in [1.807, 2.05) is 31.2 Å². The molecule has 0 radical (unpaired) electrons. The summed E-state index contributed by atoms with van der Waals surface area (Å²) in [6.07, 6.45) is -0.246. The Morgan fingerprint density at radius 2 is 2.19 bits per heavy atom. The number of hydrogen-bond donors (Lipinski definition) is 2. The molecule has 1 fully saturated rings. The third-order valence-corrected chi connectivity index (χ3v) is 4.71. The van der Waals surface area contributed by atoms with Gasteiger partial charge in [0.15, 0.2) is 5.82 Å². The lowest BCUT2D eigenvalue weighted by Gasteiger charge is -2.21. The van der Waals surface area contributed by atoms with Gasteiger partial charge in [-0.15, -0.1) is 0 Å². The van der Waals surface area contributed by atoms with Gasteiger partial charge in [0.25, 0.3) is 0 Å². The lowest BCUT2D eigenvalue weighted by molar-refractivity contribution is 0.166. The second-order valence-electron chi connectivity index (χ2n) is 6.54. The molecule has 136 valence electrons. The Morgan fingerprint density at radius 3 is 2.92 bits per heavy atom. The lowest BCUT2D eigenvalue weighted by atomic mass is 10.1. The summed E-state index contributed by atoms with van der Waals surface area (Å²) in [6.45, 7) is 4.17. The lowest BCUT2D eigenvalue weighted by Crippen LogP contribution is -2.40. The number of aryl methyl sites for hydroxylation is 2. The summed E-state index contributed by atoms with van der Waals surface area (Å²) >= 11 is 0. The van der Waals surface area contributed by atoms with Crippen molar-refractivity contribution in [2.45, 2.75) is 39.0 Å². The van der Waals surface area contributed by atoms with Crippen LogP contribution in [0.3, 0.4) is 0 Å². The molecule has 2 amide bonds. The standard InChI is InChI=1S/C18H20N4O4/c1-10-13-5-3-4-6-15(13)25-16(10)8-19-18(24)22-9-12(23)7-14(22)17-20-11(2)21-26-17/h3-6,12,14,23H,7-9H2,1-2H3,(H,19,24)/t12-,14-/m1/s1. The first-order valence-electron chi connectivity index (χ1n) is 8.52. The molecule has 0 spiro atoms. The molecule has 0 unspecified atom stereocenters. The highest BCUT2D eigenvalue weighted by molar-refractivity contribution is 5.82. The van der Waals surface area contributed by atoms with Crippen molar-refractivity contribution >= 4 is 17.0 Å². The smallest absolute Gasteiger partial charge is 0.318 e. The topological polar surface area (TPSA) is 105 Å². The van der Waals surface area contributed by atoms with E-state index in [-0.39, 0.29) is 19.1 Å². The SMILES string of the molecule is Cc1noc([C@H]2C[C@@H](O)CN2C(=O)NCc2oc3ccccc3c2C)n1. The second kappa shape index (κ2) is 6.45. The van der Waals surface area contributed by atoms with Crippen LogP contribution in [0.1, 0.15) is 35.5 Å². The van der Waals surface area contributed by atoms with E-state index in [2.05, 4.69) is 15.5 Å². The van der Waals surface area contributed by atoms with E-state index in [4.69, 9.17) is 8.94 Å². The fraction of sp³-hybridized carbons (Fsp3) is 0.389. The number of hydrogen-bond acceptors (Lipinski definition) is 6. The van der Waals surface area contributed by atoms with Crippen LogP contribution in [-0.4, -0.2) is 38.8 Å². The molecule has 0 bridgehead atoms. The Bertz CT molecular complexity index is 948. The molecule has 2 N–H and O–H groups in total. The van der Waals surface area contributed by atoms with Crippen molar-refractivity contribution in [3.8, 4) is 0 Å². The molecule has 3 aromatic rings. The number of fused-ring (bicyclic) bond motifs is 1. The van der Waals surface area contributed by atoms with Crippen molar-refractivity contribution in [2.75, 3.05) is 6.54 Å². The Morgan fingerprint density at radius 1 is 1.38 bits per heavy atom. The molecule has 0 saturated carbocycles. The van der Waals surface area contributed by atoms with Gasteiger partial charge in [0.2, 0.25) is 5.89 Å². The number of rotatable bonds is 3. The van der Waals surface area contributed by atoms with Crippen LogP contribution in [0.2, 0.25) is 0 Å². The van der Waals surface area contributed by atoms with Gasteiger partial charge in [-0.3, -0.25) is 0 Å². The van der Waals surface area contributed by atoms with E-state index < -0.39 is 12.1 Å². The molecular weight excluding hydrogens is 336 g/mol. The van der Waals surface area contributed by atoms with Crippen molar-refractivity contribution in [3.63, 3.8) is 0 Å². The average molecular weight is 356 g/mol. The second-order valence-corrected chi connectivity index (χ2v) is 6.54. The molecule has 1 aromatic carbocycles. The monoisotopic (exact) mass is 356 g/mol. The summed E-state index contributed by atoms with van der Waals surface area (Å²) in [4.78, 5) is 18.4. The number of likely N-dealkylation sites (tertiary alicyclic amines) is 1. The van der Waals surface area contributed by atoms with Crippen molar-refractivity contribution in [3.05, 3.63) is 47.3 Å². The van der Waals surface area contributed by atoms with Gasteiger partial charge in [0.1, 0.15) is 17.4 Å². The number of nitrogens with zero attached hydrogens (tertiary/aromatic N) is 3. The average Bonchev–Trinajstić information content (AvgIpc) is 3.31. The fourth-order valence-corrected chi connectivity index (χ4v) is 3.37. The van der Waals surface area contributed by atoms with E-state index in [1.165, 1.54) is 4.90 Å². The minimum Gasteiger partial charge on any atom is -0.459 e. The van der Waals surface area contributed by atoms with E-state index in [0.29, 0.717) is 23.9 Å². The summed E-state index contributed by atoms with van der Waals surface area (Å²) in [7, 11) is 0. The van der Waals surface area contributed by atoms with Crippen LogP contribution < -0.4 is 5.32 Å². The van der Waals surface area contributed by atoms with Crippen LogP contribution in [0.5, 0.6) is 0 Å². The Balaban J connectivity index is 1.49. The van der Waals surface area contributed by atoms with E-state index in [9.17, 15) is 9.90 Å². The number of furan rings is 1. The van der Waals surface area contributed by atoms with Crippen LogP contribution in [-0.2, 0) is 6.54 Å². The first-order chi connectivity index (χ1) is 12.5. The summed E-state index contributed by atoms with van der Waals surface area (Å²) in [6, 6.07) is 7.03. The molecule has 26 heavy (non-hydrogen) atoms. The number of β-amino-alcohol motifs (C(OH)–C–C–N with tert-alkyl or cyclic N) is 1. The maximum atomic E-state index is 12.7. The Labute approximate surface area is 149 Å². The quantitative estimate of drug-likeness (QED) is 0.747. The predicted molar refractivity (Wildman–Crippen MR) is 92.3 cm³/mol. The van der Waals surface area contributed by atoms with Gasteiger partial charge in [-0.05, 0) is 19.9 Å². The highest BCUT2D eigenvalue weighted by Crippen LogP contribution is 2.31. The molecule has 2 atom stereocenters. The highest BCUT2D eigenvalue weighted by Gasteiger charge is 2.38. The van der Waals surface area contributed by atoms with Gasteiger partial charge < -0.3 is 24.3 Å². The molecule has 8 nitrogen and oxygen atoms in total. The van der Waals surface area contributed by atoms with Gasteiger partial charge in [-0.2, -0.15) is 4.98 Å². The van der Waals surface area contributed by atoms with Crippen molar-refractivity contribution in [1.82, 2.24) is 20.4 Å². The van der Waals surface area contributed by atoms with Crippen LogP contribution in [0.15, 0.2) is 33.2 Å². The third-order valence-electron chi connectivity index (χ3n) is 4.71. The fourth-order valence-electron chi connectivity index (χ4n) is 3.37. The summed E-state index contributed by atoms with van der Waals surface area (Å²) in [5.74, 6) is 1.55. The van der Waals surface area contributed by atoms with Crippen molar-refractivity contribution < 1.29 is 18.8 Å². The molecule has 1 aliphatic heterocycles. The van der Waals surface area contributed by atoms with Crippen LogP contribution in [0.25, 0.3) is 11.0 Å². The number of nitrogens with one attached hydrogen (secondary N) is 1. The van der Waals surface area contributed by atoms with Crippen LogP contribution in [0, 0.1) is 13.8 Å². The van der Waals surface area contributed by atoms with Gasteiger partial charge >= 0.3 is 6.03 Å². The molecule has 1 saturated heterocycles. The van der Waals surface area contributed by atoms with Crippen molar-refractivity contribution in [2.24, 2.45) is 0 Å². The number of aromatic nitrogens is 2. The van der Waals surface area contributed by atoms with Crippen LogP contribution >= 0.6 is 0 Å². The van der Waals surface area contributed by atoms with Crippen molar-refractivity contribution in [1.29, 1.82) is 0 Å². The molecular formula is C18H20N4O4. The maximum Gasteiger partial charge on any atom is 0.318 e. The minimum absolute atomic E-state index is 0.219. The minimum atomic E-state index is -0.620. The third kappa shape index (κ3) is 2.92. The first-order valence-corrected chi connectivity index (χ1v) is 8.52. The number of carbonyl (C=O) groups is 1. The predicted octanol–water partition coefficient (Wildman–Crippen LogP) is 2.45. The zero-order valence-electron chi connectivity index (χ0n) is 14.6. The molecule has 2 aromatic heterocycles.